The molecule has 90 heavy (non-hydrogen) atoms. The molecule has 5 atom stereocenters. The minimum Gasteiger partial charge on any atom is -0.481 e. The van der Waals surface area contributed by atoms with E-state index in [1.54, 1.807) is 70.9 Å². The van der Waals surface area contributed by atoms with E-state index in [1.165, 1.54) is 53.1 Å². The number of nitrogens with zero attached hydrogens (tertiary/aromatic N) is 8. The molecule has 32 heteroatoms. The van der Waals surface area contributed by atoms with Crippen LogP contribution in [0.3, 0.4) is 0 Å². The van der Waals surface area contributed by atoms with Crippen molar-refractivity contribution in [2.24, 2.45) is 11.8 Å². The molecule has 0 radical (unpaired) electrons. The number of thiazole rings is 6. The van der Waals surface area contributed by atoms with Gasteiger partial charge in [0.2, 0.25) is 11.8 Å². The first-order valence-electron chi connectivity index (χ1n) is 28.3. The Morgan fingerprint density at radius 2 is 1.40 bits per heavy atom. The van der Waals surface area contributed by atoms with E-state index >= 15 is 0 Å². The number of rotatable bonds is 16. The van der Waals surface area contributed by atoms with Gasteiger partial charge in [-0.25, -0.2) is 34.9 Å². The standard InChI is InChI=1S/C58H62N14O12S6/c1-26(2)42-56-71-45(37(90-56)21-84-5)49(79)60-20-40(74)68-46(47(77)28-9-7-6-8-10-28)55-66-36(24-87-55)53-64-34(22-86-53)44-31(51-65-35(23-85-51)48(78)63-33(19-39(73)59-4)54-70-43(27(3)89-54)50(80)69-42)15-16-32(62-44)52-67-38(25-88-52)72(18-17-41(75)76)58(83)61-30-13-11-29(12-14-30)57(81)82/h6-10,15-16,22-26,29-30,33,42,46-47,58,61,77,83H,11-14,17-21H2,1-5H3,(H,59,73)(H,60,79)(H,63,78)(H,68,74)(H,69,80)(H,75,76)(H,81,82)/t29-,30-,33-,42?,46-,47-,58?/m0/s1. The number of hydrogen-bond donors (Lipinski definition) is 10. The monoisotopic (exact) mass is 1340 g/mol. The Morgan fingerprint density at radius 3 is 2.12 bits per heavy atom. The quantitative estimate of drug-likeness (QED) is 0.0431. The van der Waals surface area contributed by atoms with Gasteiger partial charge >= 0.3 is 11.9 Å². The number of carbonyl (C=O) groups excluding carboxylic acids is 5. The van der Waals surface area contributed by atoms with Crippen LogP contribution in [0, 0.1) is 18.8 Å². The zero-order valence-corrected chi connectivity index (χ0v) is 53.8. The number of aromatic nitrogens is 7. The van der Waals surface area contributed by atoms with Crippen molar-refractivity contribution in [3.05, 3.63) is 111 Å². The number of ether oxygens (including phenoxy) is 1. The molecule has 8 heterocycles. The summed E-state index contributed by atoms with van der Waals surface area (Å²) in [5.41, 5.74) is 2.38. The molecule has 10 rings (SSSR count). The zero-order chi connectivity index (χ0) is 63.9. The smallest absolute Gasteiger partial charge is 0.306 e. The van der Waals surface area contributed by atoms with Crippen LogP contribution in [-0.4, -0.2) is 136 Å². The van der Waals surface area contributed by atoms with E-state index in [1.807, 2.05) is 13.8 Å². The third-order valence-electron chi connectivity index (χ3n) is 14.9. The SMILES string of the molecule is CNC(=O)C[C@@H]1NC(=O)c2csc(n2)-c2ccc(-c3nc(N(CCC(=O)O)C(O)N[C@H]4CC[C@H](C(=O)O)CC4)cs3)nc2-c2csc(n2)-c2csc(n2)[C@H]([C@@H](O)c2ccccc2)NC(=O)CNC(=O)c2nc(sc2COC)C(C(C)C)NC(=O)c2nc1sc2C. The minimum absolute atomic E-state index is 0.00679. The number of aryl methyl sites for hydroxylation is 1. The Kier molecular flexibility index (Phi) is 20.9. The van der Waals surface area contributed by atoms with Crippen LogP contribution in [0.1, 0.15) is 138 Å². The fraction of sp³-hybridized carbons (Fsp3) is 0.379. The van der Waals surface area contributed by atoms with Gasteiger partial charge in [0.1, 0.15) is 82.2 Å². The lowest BCUT2D eigenvalue weighted by Gasteiger charge is -2.34. The number of fused-ring (bicyclic) bond motifs is 14. The summed E-state index contributed by atoms with van der Waals surface area (Å²) in [5.74, 6) is -5.44. The molecule has 26 nitrogen and oxygen atoms in total. The summed E-state index contributed by atoms with van der Waals surface area (Å²) < 4.78 is 5.45. The predicted molar refractivity (Wildman–Crippen MR) is 339 cm³/mol. The fourth-order valence-corrected chi connectivity index (χ4v) is 15.7. The van der Waals surface area contributed by atoms with Gasteiger partial charge in [0, 0.05) is 58.7 Å². The number of benzene rings is 1. The zero-order valence-electron chi connectivity index (χ0n) is 48.9. The lowest BCUT2D eigenvalue weighted by atomic mass is 9.86. The van der Waals surface area contributed by atoms with E-state index in [9.17, 15) is 54.0 Å². The highest BCUT2D eigenvalue weighted by molar-refractivity contribution is 7.15. The molecule has 1 aliphatic carbocycles. The molecule has 0 saturated heterocycles. The van der Waals surface area contributed by atoms with E-state index in [-0.39, 0.29) is 65.9 Å². The maximum atomic E-state index is 14.4. The summed E-state index contributed by atoms with van der Waals surface area (Å²) in [5, 5.41) is 68.8. The van der Waals surface area contributed by atoms with Crippen LogP contribution < -0.4 is 36.8 Å². The van der Waals surface area contributed by atoms with Crippen molar-refractivity contribution < 1.29 is 58.7 Å². The third-order valence-corrected chi connectivity index (χ3v) is 20.6. The number of amides is 5. The number of carbonyl (C=O) groups is 7. The Hall–Kier alpha value is -7.92. The van der Waals surface area contributed by atoms with Crippen molar-refractivity contribution in [3.63, 3.8) is 0 Å². The molecule has 472 valence electrons. The van der Waals surface area contributed by atoms with Gasteiger partial charge in [-0.05, 0) is 56.2 Å². The molecule has 10 bridgehead atoms. The second-order valence-corrected chi connectivity index (χ2v) is 27.2. The van der Waals surface area contributed by atoms with Gasteiger partial charge in [-0.2, -0.15) is 0 Å². The topological polar surface area (TPSA) is 375 Å². The van der Waals surface area contributed by atoms with E-state index in [0.29, 0.717) is 94.4 Å². The minimum atomic E-state index is -1.37. The average molecular weight is 1340 g/mol. The Bertz CT molecular complexity index is 3930. The van der Waals surface area contributed by atoms with Crippen molar-refractivity contribution in [1.82, 2.24) is 66.8 Å². The molecule has 2 unspecified atom stereocenters. The normalized spacial score (nSPS) is 19.0. The van der Waals surface area contributed by atoms with Gasteiger partial charge in [-0.15, -0.1) is 68.0 Å². The number of pyridine rings is 1. The summed E-state index contributed by atoms with van der Waals surface area (Å²) >= 11 is 7.02. The highest BCUT2D eigenvalue weighted by atomic mass is 32.1. The van der Waals surface area contributed by atoms with Crippen molar-refractivity contribution >= 4 is 115 Å². The van der Waals surface area contributed by atoms with E-state index in [0.717, 1.165) is 34.0 Å². The molecule has 8 aromatic rings. The van der Waals surface area contributed by atoms with Crippen molar-refractivity contribution in [2.45, 2.75) is 103 Å². The number of methoxy groups -OCH3 is 1. The largest absolute Gasteiger partial charge is 0.481 e. The molecule has 7 aromatic heterocycles. The number of nitrogens with one attached hydrogen (secondary N) is 6. The van der Waals surface area contributed by atoms with Gasteiger partial charge < -0.3 is 56.6 Å². The summed E-state index contributed by atoms with van der Waals surface area (Å²) in [6.45, 7) is 4.77. The Morgan fingerprint density at radius 1 is 0.700 bits per heavy atom. The maximum Gasteiger partial charge on any atom is 0.306 e. The Balaban J connectivity index is 1.04. The van der Waals surface area contributed by atoms with Crippen molar-refractivity contribution in [1.29, 1.82) is 0 Å². The molecule has 1 saturated carbocycles. The third kappa shape index (κ3) is 15.1. The molecule has 5 amide bonds. The first kappa shape index (κ1) is 65.0. The second-order valence-electron chi connectivity index (χ2n) is 21.4. The number of carboxylic acid groups (broad SMARTS) is 2. The van der Waals surface area contributed by atoms with Gasteiger partial charge in [0.25, 0.3) is 17.7 Å². The van der Waals surface area contributed by atoms with Crippen LogP contribution >= 0.6 is 68.0 Å². The van der Waals surface area contributed by atoms with Crippen molar-refractivity contribution in [2.75, 3.05) is 32.1 Å². The van der Waals surface area contributed by atoms with Gasteiger partial charge in [0.05, 0.1) is 54.6 Å². The molecule has 2 aliphatic rings. The molecule has 0 spiro atoms. The number of aliphatic carboxylic acids is 2. The van der Waals surface area contributed by atoms with Gasteiger partial charge in [-0.1, -0.05) is 44.2 Å². The Labute approximate surface area is 538 Å². The number of anilines is 1. The number of hydrogen-bond acceptors (Lipinski definition) is 25. The van der Waals surface area contributed by atoms with Gasteiger partial charge in [0.15, 0.2) is 6.35 Å². The second kappa shape index (κ2) is 28.9. The van der Waals surface area contributed by atoms with Crippen LogP contribution in [0.15, 0.2) is 64.0 Å². The molecule has 1 aromatic carbocycles. The number of aliphatic hydroxyl groups is 2. The predicted octanol–water partition coefficient (Wildman–Crippen LogP) is 7.10. The number of carboxylic acids is 2. The highest BCUT2D eigenvalue weighted by Gasteiger charge is 2.34. The lowest BCUT2D eigenvalue weighted by molar-refractivity contribution is -0.143. The number of aliphatic hydroxyl groups excluding tert-OH is 2. The van der Waals surface area contributed by atoms with Crippen LogP contribution in [0.2, 0.25) is 0 Å². The highest BCUT2D eigenvalue weighted by Crippen LogP contribution is 2.41. The molecule has 10 N–H and O–H groups in total. The molecular formula is C58H62N14O12S6. The van der Waals surface area contributed by atoms with Crippen LogP contribution in [-0.2, 0) is 30.5 Å². The first-order chi connectivity index (χ1) is 43.2. The fourth-order valence-electron chi connectivity index (χ4n) is 10.1. The van der Waals surface area contributed by atoms with Crippen LogP contribution in [0.5, 0.6) is 0 Å². The van der Waals surface area contributed by atoms with Crippen LogP contribution in [0.25, 0.3) is 43.4 Å². The van der Waals surface area contributed by atoms with E-state index < -0.39 is 84.5 Å². The lowest BCUT2D eigenvalue weighted by Crippen LogP contribution is -2.51. The maximum absolute atomic E-state index is 14.4. The summed E-state index contributed by atoms with van der Waals surface area (Å²) in [4.78, 5) is 130. The first-order valence-corrected chi connectivity index (χ1v) is 33.5. The summed E-state index contributed by atoms with van der Waals surface area (Å²) in [7, 11) is 2.92. The molecule has 1 aliphatic heterocycles. The summed E-state index contributed by atoms with van der Waals surface area (Å²) in [6, 6.07) is 9.06. The van der Waals surface area contributed by atoms with E-state index in [4.69, 9.17) is 39.6 Å². The van der Waals surface area contributed by atoms with E-state index in [2.05, 4.69) is 31.9 Å². The average Bonchev–Trinajstić information content (AvgIpc) is 1.73. The summed E-state index contributed by atoms with van der Waals surface area (Å²) in [6.07, 6.45) is -1.43. The molecule has 1 fully saturated rings. The molecular weight excluding hydrogens is 1280 g/mol. The van der Waals surface area contributed by atoms with Crippen molar-refractivity contribution in [3.8, 4) is 43.4 Å². The van der Waals surface area contributed by atoms with Crippen LogP contribution in [0.4, 0.5) is 5.82 Å². The van der Waals surface area contributed by atoms with Gasteiger partial charge in [-0.3, -0.25) is 38.9 Å².